The van der Waals surface area contributed by atoms with Crippen molar-refractivity contribution in [3.05, 3.63) is 24.0 Å². The van der Waals surface area contributed by atoms with Crippen molar-refractivity contribution in [2.24, 2.45) is 0 Å². The van der Waals surface area contributed by atoms with Gasteiger partial charge in [0.1, 0.15) is 5.60 Å². The highest BCUT2D eigenvalue weighted by molar-refractivity contribution is 7.91. The molecule has 0 unspecified atom stereocenters. The van der Waals surface area contributed by atoms with Crippen LogP contribution in [-0.2, 0) is 21.1 Å². The van der Waals surface area contributed by atoms with Crippen LogP contribution in [0.2, 0.25) is 0 Å². The van der Waals surface area contributed by atoms with Gasteiger partial charge in [-0.1, -0.05) is 6.92 Å². The zero-order valence-corrected chi connectivity index (χ0v) is 13.9. The second-order valence-electron chi connectivity index (χ2n) is 5.73. The van der Waals surface area contributed by atoms with E-state index in [2.05, 4.69) is 4.98 Å². The van der Waals surface area contributed by atoms with Crippen molar-refractivity contribution in [1.29, 1.82) is 0 Å². The van der Waals surface area contributed by atoms with Crippen LogP contribution in [0.3, 0.4) is 0 Å². The van der Waals surface area contributed by atoms with E-state index in [4.69, 9.17) is 4.74 Å². The summed E-state index contributed by atoms with van der Waals surface area (Å²) in [5.41, 5.74) is 0.0380. The molecule has 0 aliphatic heterocycles. The van der Waals surface area contributed by atoms with Crippen LogP contribution in [0.1, 0.15) is 33.4 Å². The van der Waals surface area contributed by atoms with E-state index in [9.17, 15) is 13.2 Å². The van der Waals surface area contributed by atoms with Gasteiger partial charge >= 0.3 is 6.09 Å². The smallest absolute Gasteiger partial charge is 0.410 e. The molecule has 118 valence electrons. The van der Waals surface area contributed by atoms with E-state index in [1.807, 2.05) is 0 Å². The monoisotopic (exact) mass is 314 g/mol. The Labute approximate surface area is 126 Å². The summed E-state index contributed by atoms with van der Waals surface area (Å²) in [4.78, 5) is 17.5. The fourth-order valence-electron chi connectivity index (χ4n) is 1.50. The molecular formula is C14H22N2O4S. The minimum atomic E-state index is -3.25. The van der Waals surface area contributed by atoms with Crippen molar-refractivity contribution >= 4 is 15.9 Å². The summed E-state index contributed by atoms with van der Waals surface area (Å²) in [5, 5.41) is 0. The highest BCUT2D eigenvalue weighted by Crippen LogP contribution is 2.13. The number of carbonyl (C=O) groups excluding carboxylic acids is 1. The number of rotatable bonds is 4. The summed E-state index contributed by atoms with van der Waals surface area (Å²) >= 11 is 0. The second kappa shape index (κ2) is 6.43. The zero-order valence-electron chi connectivity index (χ0n) is 13.1. The highest BCUT2D eigenvalue weighted by atomic mass is 32.2. The summed E-state index contributed by atoms with van der Waals surface area (Å²) < 4.78 is 28.6. The first kappa shape index (κ1) is 17.4. The first-order valence-electron chi connectivity index (χ1n) is 6.67. The van der Waals surface area contributed by atoms with Crippen molar-refractivity contribution in [3.8, 4) is 0 Å². The van der Waals surface area contributed by atoms with E-state index < -0.39 is 21.5 Å². The molecule has 7 heteroatoms. The molecule has 1 aromatic rings. The Balaban J connectivity index is 2.74. The minimum absolute atomic E-state index is 0.0336. The summed E-state index contributed by atoms with van der Waals surface area (Å²) in [6.45, 7) is 7.21. The van der Waals surface area contributed by atoms with Crippen LogP contribution in [0.4, 0.5) is 4.79 Å². The van der Waals surface area contributed by atoms with Crippen LogP contribution < -0.4 is 0 Å². The molecule has 0 fully saturated rings. The fraction of sp³-hybridized carbons (Fsp3) is 0.571. The molecule has 0 radical (unpaired) electrons. The average Bonchev–Trinajstić information content (AvgIpc) is 2.37. The molecule has 0 saturated carbocycles. The average molecular weight is 314 g/mol. The van der Waals surface area contributed by atoms with Gasteiger partial charge in [0.2, 0.25) is 0 Å². The van der Waals surface area contributed by atoms with Gasteiger partial charge in [0, 0.05) is 13.2 Å². The molecule has 0 N–H and O–H groups in total. The summed E-state index contributed by atoms with van der Waals surface area (Å²) in [6, 6.07) is 3.10. The molecular weight excluding hydrogens is 292 g/mol. The van der Waals surface area contributed by atoms with Gasteiger partial charge in [0.15, 0.2) is 9.84 Å². The number of sulfone groups is 1. The Hall–Kier alpha value is -1.63. The van der Waals surface area contributed by atoms with Crippen LogP contribution in [-0.4, -0.2) is 42.8 Å². The number of pyridine rings is 1. The normalized spacial score (nSPS) is 12.0. The second-order valence-corrected chi connectivity index (χ2v) is 8.00. The molecule has 1 heterocycles. The molecule has 0 spiro atoms. The van der Waals surface area contributed by atoms with Gasteiger partial charge in [-0.2, -0.15) is 0 Å². The molecule has 0 aromatic carbocycles. The number of carbonyl (C=O) groups is 1. The van der Waals surface area contributed by atoms with Gasteiger partial charge in [-0.05, 0) is 32.9 Å². The lowest BCUT2D eigenvalue weighted by atomic mass is 10.2. The van der Waals surface area contributed by atoms with Crippen LogP contribution in [0, 0.1) is 0 Å². The molecule has 21 heavy (non-hydrogen) atoms. The first-order valence-corrected chi connectivity index (χ1v) is 8.32. The summed E-state index contributed by atoms with van der Waals surface area (Å²) in [6.07, 6.45) is 0.867. The van der Waals surface area contributed by atoms with Gasteiger partial charge in [-0.3, -0.25) is 4.98 Å². The Morgan fingerprint density at radius 2 is 1.95 bits per heavy atom. The molecule has 0 aliphatic carbocycles. The van der Waals surface area contributed by atoms with Gasteiger partial charge in [-0.15, -0.1) is 0 Å². The van der Waals surface area contributed by atoms with E-state index in [-0.39, 0.29) is 17.2 Å². The number of hydrogen-bond donors (Lipinski definition) is 0. The van der Waals surface area contributed by atoms with Crippen molar-refractivity contribution in [2.75, 3.05) is 12.8 Å². The fourth-order valence-corrected chi connectivity index (χ4v) is 2.32. The lowest BCUT2D eigenvalue weighted by molar-refractivity contribution is 0.0283. The topological polar surface area (TPSA) is 76.6 Å². The number of amides is 1. The van der Waals surface area contributed by atoms with Crippen molar-refractivity contribution in [1.82, 2.24) is 9.88 Å². The molecule has 1 aromatic heterocycles. The number of aromatic nitrogens is 1. The van der Waals surface area contributed by atoms with E-state index >= 15 is 0 Å². The molecule has 1 amide bonds. The molecule has 0 aliphatic rings. The van der Waals surface area contributed by atoms with Crippen LogP contribution >= 0.6 is 0 Å². The van der Waals surface area contributed by atoms with E-state index in [0.29, 0.717) is 5.69 Å². The van der Waals surface area contributed by atoms with Crippen LogP contribution in [0.5, 0.6) is 0 Å². The zero-order chi connectivity index (χ0) is 16.3. The lowest BCUT2D eigenvalue weighted by Crippen LogP contribution is -2.34. The molecule has 0 saturated heterocycles. The van der Waals surface area contributed by atoms with Crippen LogP contribution in [0.25, 0.3) is 0 Å². The van der Waals surface area contributed by atoms with Gasteiger partial charge < -0.3 is 9.64 Å². The minimum Gasteiger partial charge on any atom is -0.444 e. The third-order valence-corrected chi connectivity index (χ3v) is 4.36. The largest absolute Gasteiger partial charge is 0.444 e. The highest BCUT2D eigenvalue weighted by Gasteiger charge is 2.20. The predicted molar refractivity (Wildman–Crippen MR) is 79.7 cm³/mol. The van der Waals surface area contributed by atoms with E-state index in [1.165, 1.54) is 17.2 Å². The van der Waals surface area contributed by atoms with Crippen molar-refractivity contribution < 1.29 is 17.9 Å². The van der Waals surface area contributed by atoms with Crippen LogP contribution in [0.15, 0.2) is 23.2 Å². The lowest BCUT2D eigenvalue weighted by Gasteiger charge is -2.24. The van der Waals surface area contributed by atoms with Gasteiger partial charge in [0.05, 0.1) is 22.9 Å². The van der Waals surface area contributed by atoms with E-state index in [0.717, 1.165) is 0 Å². The Morgan fingerprint density at radius 1 is 1.33 bits per heavy atom. The number of ether oxygens (including phenoxy) is 1. The van der Waals surface area contributed by atoms with Gasteiger partial charge in [-0.25, -0.2) is 13.2 Å². The Bertz CT molecular complexity index is 588. The first-order chi connectivity index (χ1) is 9.55. The maximum atomic E-state index is 11.8. The maximum absolute atomic E-state index is 11.8. The molecule has 0 bridgehead atoms. The summed E-state index contributed by atoms with van der Waals surface area (Å²) in [7, 11) is -1.65. The number of hydrogen-bond acceptors (Lipinski definition) is 5. The third-order valence-electron chi connectivity index (χ3n) is 2.64. The third kappa shape index (κ3) is 5.34. The van der Waals surface area contributed by atoms with Crippen molar-refractivity contribution in [2.45, 2.75) is 44.7 Å². The van der Waals surface area contributed by atoms with Crippen molar-refractivity contribution in [3.63, 3.8) is 0 Å². The molecule has 0 atom stereocenters. The maximum Gasteiger partial charge on any atom is 0.410 e. The summed E-state index contributed by atoms with van der Waals surface area (Å²) in [5.74, 6) is 0.0336. The number of nitrogens with zero attached hydrogens (tertiary/aromatic N) is 2. The van der Waals surface area contributed by atoms with Gasteiger partial charge in [0.25, 0.3) is 0 Å². The molecule has 1 rings (SSSR count). The Kier molecular flexibility index (Phi) is 5.33. The molecule has 6 nitrogen and oxygen atoms in total. The quantitative estimate of drug-likeness (QED) is 0.852. The SMILES string of the molecule is CCS(=O)(=O)c1ccc(CN(C)C(=O)OC(C)(C)C)nc1. The predicted octanol–water partition coefficient (Wildman–Crippen LogP) is 2.24. The Morgan fingerprint density at radius 3 is 2.38 bits per heavy atom. The standard InChI is InChI=1S/C14H22N2O4S/c1-6-21(18,19)12-8-7-11(15-9-12)10-16(5)13(17)20-14(2,3)4/h7-9H,6,10H2,1-5H3. The van der Waals surface area contributed by atoms with E-state index in [1.54, 1.807) is 40.8 Å².